The molecule has 67 heavy (non-hydrogen) atoms. The standard InChI is InChI=1S/C58H36N4O.C4H8/c1-4-17-37(18-5-1)47-36-48(38-19-6-2-7-20-38)60-58(59-47)45-32-34-52-56(44-25-11-14-28-50(44)61(52)40-21-8-3-9-22-40)55(45)39-31-33-51-46(35-39)41-23-10-13-27-49(41)62(51)53-29-16-26-43-42-24-12-15-30-54(42)63-57(43)53;1-3-4-2/h1-36H;3-4H,1-2H3/b;4-3-. The average molecular weight is 861 g/mol. The molecular formula is C62H44N4O. The minimum Gasteiger partial charge on any atom is -0.454 e. The molecule has 5 heteroatoms. The second kappa shape index (κ2) is 16.6. The van der Waals surface area contributed by atoms with Crippen molar-refractivity contribution >= 4 is 65.6 Å². The van der Waals surface area contributed by atoms with Crippen LogP contribution in [0.15, 0.2) is 235 Å². The molecule has 318 valence electrons. The smallest absolute Gasteiger partial charge is 0.161 e. The van der Waals surface area contributed by atoms with Crippen LogP contribution in [0.25, 0.3) is 122 Å². The number of rotatable bonds is 6. The third-order valence-electron chi connectivity index (χ3n) is 12.9. The van der Waals surface area contributed by atoms with Gasteiger partial charge >= 0.3 is 0 Å². The van der Waals surface area contributed by atoms with Gasteiger partial charge in [0.2, 0.25) is 0 Å². The van der Waals surface area contributed by atoms with Crippen LogP contribution >= 0.6 is 0 Å². The van der Waals surface area contributed by atoms with E-state index in [-0.39, 0.29) is 0 Å². The topological polar surface area (TPSA) is 48.8 Å². The largest absolute Gasteiger partial charge is 0.454 e. The maximum Gasteiger partial charge on any atom is 0.161 e. The van der Waals surface area contributed by atoms with Gasteiger partial charge in [0.05, 0.1) is 39.1 Å². The van der Waals surface area contributed by atoms with Crippen LogP contribution in [-0.2, 0) is 0 Å². The number of nitrogens with zero attached hydrogens (tertiary/aromatic N) is 4. The molecule has 0 N–H and O–H groups in total. The van der Waals surface area contributed by atoms with Crippen molar-refractivity contribution < 1.29 is 4.42 Å². The molecule has 0 atom stereocenters. The van der Waals surface area contributed by atoms with Gasteiger partial charge in [-0.1, -0.05) is 164 Å². The fourth-order valence-electron chi connectivity index (χ4n) is 9.78. The van der Waals surface area contributed by atoms with E-state index in [0.717, 1.165) is 116 Å². The molecule has 0 amide bonds. The Morgan fingerprint density at radius 2 is 0.955 bits per heavy atom. The van der Waals surface area contributed by atoms with Crippen molar-refractivity contribution in [3.05, 3.63) is 231 Å². The molecule has 0 spiro atoms. The van der Waals surface area contributed by atoms with Crippen molar-refractivity contribution in [2.45, 2.75) is 13.8 Å². The van der Waals surface area contributed by atoms with Crippen molar-refractivity contribution in [1.29, 1.82) is 0 Å². The summed E-state index contributed by atoms with van der Waals surface area (Å²) >= 11 is 0. The predicted molar refractivity (Wildman–Crippen MR) is 280 cm³/mol. The summed E-state index contributed by atoms with van der Waals surface area (Å²) in [4.78, 5) is 10.8. The van der Waals surface area contributed by atoms with Crippen LogP contribution in [-0.4, -0.2) is 19.1 Å². The zero-order chi connectivity index (χ0) is 44.8. The zero-order valence-electron chi connectivity index (χ0n) is 37.1. The molecule has 5 nitrogen and oxygen atoms in total. The van der Waals surface area contributed by atoms with Gasteiger partial charge in [-0.25, -0.2) is 9.97 Å². The van der Waals surface area contributed by atoms with Gasteiger partial charge in [0.25, 0.3) is 0 Å². The quantitative estimate of drug-likeness (QED) is 0.157. The SMILES string of the molecule is C/C=C\C.c1ccc(-c2cc(-c3ccccc3)nc(-c3ccc4c(c3-c3ccc5c(c3)c3ccccc3n5-c3cccc5c3oc3ccccc35)c3ccccc3n4-c3ccccc3)n2)cc1. The van der Waals surface area contributed by atoms with Crippen molar-refractivity contribution in [2.24, 2.45) is 0 Å². The highest BCUT2D eigenvalue weighted by atomic mass is 16.3. The number of hydrogen-bond donors (Lipinski definition) is 0. The molecule has 0 aliphatic rings. The lowest BCUT2D eigenvalue weighted by molar-refractivity contribution is 0.666. The van der Waals surface area contributed by atoms with E-state index in [0.29, 0.717) is 5.82 Å². The molecule has 0 aliphatic carbocycles. The summed E-state index contributed by atoms with van der Waals surface area (Å²) in [7, 11) is 0. The lowest BCUT2D eigenvalue weighted by Gasteiger charge is -2.15. The second-order valence-electron chi connectivity index (χ2n) is 16.8. The van der Waals surface area contributed by atoms with E-state index in [9.17, 15) is 0 Å². The van der Waals surface area contributed by atoms with Gasteiger partial charge in [-0.2, -0.15) is 0 Å². The Bertz CT molecular complexity index is 3930. The van der Waals surface area contributed by atoms with Crippen LogP contribution in [0.2, 0.25) is 0 Å². The summed E-state index contributed by atoms with van der Waals surface area (Å²) in [6.07, 6.45) is 4.00. The van der Waals surface area contributed by atoms with Crippen LogP contribution in [0, 0.1) is 0 Å². The van der Waals surface area contributed by atoms with E-state index >= 15 is 0 Å². The van der Waals surface area contributed by atoms with Gasteiger partial charge < -0.3 is 13.6 Å². The van der Waals surface area contributed by atoms with Crippen LogP contribution in [0.1, 0.15) is 13.8 Å². The molecule has 0 radical (unpaired) electrons. The number of aromatic nitrogens is 4. The number of fused-ring (bicyclic) bond motifs is 9. The lowest BCUT2D eigenvalue weighted by atomic mass is 9.92. The van der Waals surface area contributed by atoms with Crippen molar-refractivity contribution in [2.75, 3.05) is 0 Å². The number of hydrogen-bond acceptors (Lipinski definition) is 3. The number of benzene rings is 9. The molecule has 0 bridgehead atoms. The highest BCUT2D eigenvalue weighted by Gasteiger charge is 2.24. The monoisotopic (exact) mass is 860 g/mol. The summed E-state index contributed by atoms with van der Waals surface area (Å²) < 4.78 is 11.4. The van der Waals surface area contributed by atoms with Crippen LogP contribution in [0.3, 0.4) is 0 Å². The Labute approximate surface area is 388 Å². The molecule has 0 unspecified atom stereocenters. The Balaban J connectivity index is 0.00000113. The molecule has 9 aromatic carbocycles. The lowest BCUT2D eigenvalue weighted by Crippen LogP contribution is -1.99. The Morgan fingerprint density at radius 1 is 0.403 bits per heavy atom. The van der Waals surface area contributed by atoms with Gasteiger partial charge in [-0.3, -0.25) is 0 Å². The molecule has 13 aromatic rings. The molecule has 0 fully saturated rings. The molecule has 0 saturated carbocycles. The van der Waals surface area contributed by atoms with E-state index in [2.05, 4.69) is 203 Å². The summed E-state index contributed by atoms with van der Waals surface area (Å²) in [5.74, 6) is 0.669. The van der Waals surface area contributed by atoms with Gasteiger partial charge in [-0.05, 0) is 86.1 Å². The summed E-state index contributed by atoms with van der Waals surface area (Å²) in [6, 6.07) is 77.2. The van der Waals surface area contributed by atoms with Gasteiger partial charge in [0.15, 0.2) is 11.4 Å². The summed E-state index contributed by atoms with van der Waals surface area (Å²) in [6.45, 7) is 4.00. The van der Waals surface area contributed by atoms with Crippen LogP contribution in [0.5, 0.6) is 0 Å². The normalized spacial score (nSPS) is 11.7. The zero-order valence-corrected chi connectivity index (χ0v) is 37.1. The molecule has 4 aromatic heterocycles. The maximum atomic E-state index is 6.64. The second-order valence-corrected chi connectivity index (χ2v) is 16.8. The minimum atomic E-state index is 0.669. The molecule has 0 aliphatic heterocycles. The first-order valence-corrected chi connectivity index (χ1v) is 22.8. The van der Waals surface area contributed by atoms with Crippen molar-refractivity contribution in [3.63, 3.8) is 0 Å². The van der Waals surface area contributed by atoms with E-state index in [1.165, 1.54) is 0 Å². The van der Waals surface area contributed by atoms with Crippen molar-refractivity contribution in [3.8, 4) is 56.4 Å². The molecule has 0 saturated heterocycles. The van der Waals surface area contributed by atoms with E-state index in [4.69, 9.17) is 14.4 Å². The Morgan fingerprint density at radius 3 is 1.64 bits per heavy atom. The maximum absolute atomic E-state index is 6.64. The summed E-state index contributed by atoms with van der Waals surface area (Å²) in [5, 5.41) is 6.84. The third-order valence-corrected chi connectivity index (χ3v) is 12.9. The van der Waals surface area contributed by atoms with E-state index in [1.807, 2.05) is 50.3 Å². The van der Waals surface area contributed by atoms with E-state index in [1.54, 1.807) is 0 Å². The highest BCUT2D eigenvalue weighted by molar-refractivity contribution is 6.20. The van der Waals surface area contributed by atoms with Gasteiger partial charge in [-0.15, -0.1) is 0 Å². The first kappa shape index (κ1) is 39.8. The number of para-hydroxylation sites is 5. The van der Waals surface area contributed by atoms with Crippen molar-refractivity contribution in [1.82, 2.24) is 19.1 Å². The first-order chi connectivity index (χ1) is 33.2. The molecular weight excluding hydrogens is 817 g/mol. The molecule has 13 rings (SSSR count). The first-order valence-electron chi connectivity index (χ1n) is 22.8. The fourth-order valence-corrected chi connectivity index (χ4v) is 9.78. The third kappa shape index (κ3) is 6.71. The average Bonchev–Trinajstić information content (AvgIpc) is 4.07. The predicted octanol–water partition coefficient (Wildman–Crippen LogP) is 16.8. The highest BCUT2D eigenvalue weighted by Crippen LogP contribution is 2.46. The number of allylic oxidation sites excluding steroid dienone is 2. The molecule has 4 heterocycles. The van der Waals surface area contributed by atoms with E-state index < -0.39 is 0 Å². The van der Waals surface area contributed by atoms with Crippen LogP contribution < -0.4 is 0 Å². The summed E-state index contributed by atoms with van der Waals surface area (Å²) in [5.41, 5.74) is 15.3. The Hall–Kier alpha value is -8.80. The Kier molecular flexibility index (Phi) is 9.88. The van der Waals surface area contributed by atoms with Gasteiger partial charge in [0.1, 0.15) is 5.58 Å². The van der Waals surface area contributed by atoms with Crippen LogP contribution in [0.4, 0.5) is 0 Å². The fraction of sp³-hybridized carbons (Fsp3) is 0.0323. The minimum absolute atomic E-state index is 0.669. The van der Waals surface area contributed by atoms with Gasteiger partial charge in [0, 0.05) is 60.3 Å². The number of furan rings is 1.